The van der Waals surface area contributed by atoms with Crippen LogP contribution in [0.25, 0.3) is 11.7 Å². The monoisotopic (exact) mass is 313 g/mol. The van der Waals surface area contributed by atoms with Gasteiger partial charge < -0.3 is 13.9 Å². The fourth-order valence-corrected chi connectivity index (χ4v) is 2.30. The molecule has 1 N–H and O–H groups in total. The van der Waals surface area contributed by atoms with E-state index in [-0.39, 0.29) is 6.10 Å². The number of nitrogens with zero attached hydrogens (tertiary/aromatic N) is 3. The first kappa shape index (κ1) is 11.9. The van der Waals surface area contributed by atoms with E-state index in [2.05, 4.69) is 31.0 Å². The minimum Gasteiger partial charge on any atom is -0.444 e. The lowest BCUT2D eigenvalue weighted by molar-refractivity contribution is 0.171. The van der Waals surface area contributed by atoms with Gasteiger partial charge in [-0.1, -0.05) is 0 Å². The summed E-state index contributed by atoms with van der Waals surface area (Å²) in [5.74, 6) is 1.45. The van der Waals surface area contributed by atoms with Gasteiger partial charge in [-0.25, -0.2) is 0 Å². The molecule has 96 valence electrons. The number of β-amino-alcohol motifs (C(OH)–C–C–N with tert-alkyl or cyclic N) is 1. The first-order valence-electron chi connectivity index (χ1n) is 5.69. The van der Waals surface area contributed by atoms with Crippen LogP contribution in [0.3, 0.4) is 0 Å². The van der Waals surface area contributed by atoms with Crippen LogP contribution in [0, 0.1) is 0 Å². The molecule has 1 fully saturated rings. The summed E-state index contributed by atoms with van der Waals surface area (Å²) >= 11 is 3.22. The molecule has 3 heterocycles. The van der Waals surface area contributed by atoms with Crippen LogP contribution in [0.1, 0.15) is 12.3 Å². The van der Waals surface area contributed by atoms with Crippen LogP contribution >= 0.6 is 15.9 Å². The number of furan rings is 1. The van der Waals surface area contributed by atoms with Gasteiger partial charge in [-0.05, 0) is 34.5 Å². The molecule has 0 aromatic carbocycles. The van der Waals surface area contributed by atoms with E-state index in [1.54, 1.807) is 12.1 Å². The summed E-state index contributed by atoms with van der Waals surface area (Å²) in [6.07, 6.45) is 0.556. The minimum atomic E-state index is -0.242. The van der Waals surface area contributed by atoms with Gasteiger partial charge in [-0.2, -0.15) is 0 Å². The average Bonchev–Trinajstić information content (AvgIpc) is 3.01. The Balaban J connectivity index is 1.70. The van der Waals surface area contributed by atoms with Gasteiger partial charge in [0.1, 0.15) is 0 Å². The van der Waals surface area contributed by atoms with Crippen molar-refractivity contribution < 1.29 is 13.9 Å². The Kier molecular flexibility index (Phi) is 3.19. The lowest BCUT2D eigenvalue weighted by Gasteiger charge is -2.10. The number of likely N-dealkylation sites (tertiary alicyclic amines) is 1. The van der Waals surface area contributed by atoms with Crippen LogP contribution in [-0.4, -0.2) is 39.4 Å². The summed E-state index contributed by atoms with van der Waals surface area (Å²) < 4.78 is 11.5. The first-order chi connectivity index (χ1) is 8.70. The molecule has 2 aromatic rings. The van der Waals surface area contributed by atoms with E-state index in [1.807, 2.05) is 0 Å². The van der Waals surface area contributed by atoms with E-state index in [0.717, 1.165) is 13.0 Å². The average molecular weight is 314 g/mol. The molecule has 0 aliphatic carbocycles. The molecule has 6 nitrogen and oxygen atoms in total. The summed E-state index contributed by atoms with van der Waals surface area (Å²) in [6.45, 7) is 2.07. The highest BCUT2D eigenvalue weighted by Gasteiger charge is 2.22. The Morgan fingerprint density at radius 2 is 2.28 bits per heavy atom. The largest absolute Gasteiger partial charge is 0.444 e. The molecular formula is C11H12BrN3O3. The molecule has 1 aliphatic rings. The Bertz CT molecular complexity index is 539. The van der Waals surface area contributed by atoms with Crippen LogP contribution in [0.5, 0.6) is 0 Å². The highest BCUT2D eigenvalue weighted by molar-refractivity contribution is 9.10. The van der Waals surface area contributed by atoms with Gasteiger partial charge in [-0.3, -0.25) is 4.90 Å². The van der Waals surface area contributed by atoms with E-state index in [0.29, 0.717) is 35.3 Å². The second-order valence-corrected chi connectivity index (χ2v) is 5.06. The Labute approximate surface area is 112 Å². The van der Waals surface area contributed by atoms with Crippen LogP contribution in [0.4, 0.5) is 0 Å². The van der Waals surface area contributed by atoms with Crippen molar-refractivity contribution in [3.8, 4) is 11.7 Å². The molecule has 18 heavy (non-hydrogen) atoms. The number of aromatic nitrogens is 2. The third-order valence-electron chi connectivity index (χ3n) is 2.86. The third kappa shape index (κ3) is 2.47. The molecule has 7 heteroatoms. The number of aliphatic hydroxyl groups is 1. The van der Waals surface area contributed by atoms with Crippen LogP contribution in [-0.2, 0) is 6.54 Å². The van der Waals surface area contributed by atoms with Gasteiger partial charge in [0.2, 0.25) is 5.89 Å². The number of hydrogen-bond acceptors (Lipinski definition) is 6. The van der Waals surface area contributed by atoms with Crippen molar-refractivity contribution in [2.24, 2.45) is 0 Å². The normalized spacial score (nSPS) is 20.7. The maximum Gasteiger partial charge on any atom is 0.283 e. The van der Waals surface area contributed by atoms with E-state index in [9.17, 15) is 5.11 Å². The summed E-state index contributed by atoms with van der Waals surface area (Å²) in [4.78, 5) is 2.08. The molecule has 3 rings (SSSR count). The molecule has 0 bridgehead atoms. The fourth-order valence-electron chi connectivity index (χ4n) is 1.99. The maximum absolute atomic E-state index is 9.44. The van der Waals surface area contributed by atoms with Crippen molar-refractivity contribution in [3.05, 3.63) is 22.7 Å². The maximum atomic E-state index is 9.44. The van der Waals surface area contributed by atoms with Crippen molar-refractivity contribution in [2.75, 3.05) is 13.1 Å². The summed E-state index contributed by atoms with van der Waals surface area (Å²) in [6, 6.07) is 3.54. The summed E-state index contributed by atoms with van der Waals surface area (Å²) in [5, 5.41) is 17.4. The Morgan fingerprint density at radius 3 is 2.94 bits per heavy atom. The molecular weight excluding hydrogens is 302 g/mol. The SMILES string of the molecule is O[C@H]1CCN(Cc2nnc(-c3ccc(Br)o3)o2)C1. The van der Waals surface area contributed by atoms with Gasteiger partial charge in [-0.15, -0.1) is 10.2 Å². The van der Waals surface area contributed by atoms with Gasteiger partial charge >= 0.3 is 0 Å². The van der Waals surface area contributed by atoms with Gasteiger partial charge in [0.15, 0.2) is 10.4 Å². The zero-order valence-electron chi connectivity index (χ0n) is 9.54. The van der Waals surface area contributed by atoms with Crippen molar-refractivity contribution in [1.29, 1.82) is 0 Å². The molecule has 0 amide bonds. The van der Waals surface area contributed by atoms with Crippen LogP contribution in [0.2, 0.25) is 0 Å². The summed E-state index contributed by atoms with van der Waals surface area (Å²) in [5.41, 5.74) is 0. The smallest absolute Gasteiger partial charge is 0.283 e. The second-order valence-electron chi connectivity index (χ2n) is 4.28. The lowest BCUT2D eigenvalue weighted by atomic mass is 10.3. The summed E-state index contributed by atoms with van der Waals surface area (Å²) in [7, 11) is 0. The molecule has 2 aromatic heterocycles. The number of halogens is 1. The third-order valence-corrected chi connectivity index (χ3v) is 3.28. The van der Waals surface area contributed by atoms with Gasteiger partial charge in [0.05, 0.1) is 12.6 Å². The molecule has 0 radical (unpaired) electrons. The van der Waals surface area contributed by atoms with Gasteiger partial charge in [0, 0.05) is 13.1 Å². The first-order valence-corrected chi connectivity index (χ1v) is 6.48. The van der Waals surface area contributed by atoms with E-state index >= 15 is 0 Å². The number of hydrogen-bond donors (Lipinski definition) is 1. The zero-order valence-corrected chi connectivity index (χ0v) is 11.1. The van der Waals surface area contributed by atoms with Crippen molar-refractivity contribution in [3.63, 3.8) is 0 Å². The highest BCUT2D eigenvalue weighted by Crippen LogP contribution is 2.24. The van der Waals surface area contributed by atoms with E-state index in [4.69, 9.17) is 8.83 Å². The van der Waals surface area contributed by atoms with Crippen molar-refractivity contribution >= 4 is 15.9 Å². The van der Waals surface area contributed by atoms with Crippen LogP contribution < -0.4 is 0 Å². The fraction of sp³-hybridized carbons (Fsp3) is 0.455. The zero-order chi connectivity index (χ0) is 12.5. The quantitative estimate of drug-likeness (QED) is 0.928. The van der Waals surface area contributed by atoms with E-state index < -0.39 is 0 Å². The molecule has 0 unspecified atom stereocenters. The second kappa shape index (κ2) is 4.83. The highest BCUT2D eigenvalue weighted by atomic mass is 79.9. The van der Waals surface area contributed by atoms with Crippen molar-refractivity contribution in [1.82, 2.24) is 15.1 Å². The van der Waals surface area contributed by atoms with Gasteiger partial charge in [0.25, 0.3) is 5.89 Å². The predicted octanol–water partition coefficient (Wildman–Crippen LogP) is 1.66. The lowest BCUT2D eigenvalue weighted by Crippen LogP contribution is -2.21. The molecule has 1 aliphatic heterocycles. The van der Waals surface area contributed by atoms with E-state index in [1.165, 1.54) is 0 Å². The Morgan fingerprint density at radius 1 is 1.39 bits per heavy atom. The molecule has 1 saturated heterocycles. The van der Waals surface area contributed by atoms with Crippen molar-refractivity contribution in [2.45, 2.75) is 19.1 Å². The molecule has 0 spiro atoms. The predicted molar refractivity (Wildman–Crippen MR) is 65.6 cm³/mol. The Hall–Kier alpha value is -1.18. The molecule has 0 saturated carbocycles. The standard InChI is InChI=1S/C11H12BrN3O3/c12-9-2-1-8(17-9)11-14-13-10(18-11)6-15-4-3-7(16)5-15/h1-2,7,16H,3-6H2/t7-/m0/s1. The van der Waals surface area contributed by atoms with Crippen LogP contribution in [0.15, 0.2) is 25.6 Å². The number of aliphatic hydroxyl groups excluding tert-OH is 1. The topological polar surface area (TPSA) is 75.5 Å². The number of rotatable bonds is 3. The minimum absolute atomic E-state index is 0.242. The molecule has 1 atom stereocenters.